The Kier molecular flexibility index (Phi) is 6.86. The van der Waals surface area contributed by atoms with Crippen molar-refractivity contribution in [2.75, 3.05) is 11.9 Å². The predicted molar refractivity (Wildman–Crippen MR) is 140 cm³/mol. The van der Waals surface area contributed by atoms with Crippen LogP contribution in [0.3, 0.4) is 0 Å². The van der Waals surface area contributed by atoms with Crippen LogP contribution in [0.4, 0.5) is 10.6 Å². The molecule has 8 nitrogen and oxygen atoms in total. The third kappa shape index (κ3) is 4.90. The van der Waals surface area contributed by atoms with Crippen molar-refractivity contribution >= 4 is 11.8 Å². The Bertz CT molecular complexity index is 1310. The minimum Gasteiger partial charge on any atom is -0.378 e. The molecular weight excluding hydrogens is 452 g/mol. The van der Waals surface area contributed by atoms with Crippen LogP contribution in [0.2, 0.25) is 0 Å². The Balaban J connectivity index is 1.42. The van der Waals surface area contributed by atoms with Gasteiger partial charge in [0.25, 0.3) is 0 Å². The van der Waals surface area contributed by atoms with Crippen molar-refractivity contribution in [3.05, 3.63) is 84.2 Å². The fraction of sp³-hybridized carbons (Fsp3) is 0.321. The van der Waals surface area contributed by atoms with E-state index in [0.29, 0.717) is 12.4 Å². The Morgan fingerprint density at radius 1 is 1.08 bits per heavy atom. The lowest BCUT2D eigenvalue weighted by Crippen LogP contribution is -2.40. The number of rotatable bonds is 7. The molecule has 2 amide bonds. The lowest BCUT2D eigenvalue weighted by molar-refractivity contribution is 0.0662. The molecule has 0 bridgehead atoms. The Hall–Kier alpha value is -3.91. The number of urea groups is 1. The van der Waals surface area contributed by atoms with Crippen LogP contribution in [0, 0.1) is 6.92 Å². The van der Waals surface area contributed by atoms with E-state index in [9.17, 15) is 4.79 Å². The maximum Gasteiger partial charge on any atom is 0.320 e. The van der Waals surface area contributed by atoms with E-state index >= 15 is 0 Å². The lowest BCUT2D eigenvalue weighted by atomic mass is 9.94. The summed E-state index contributed by atoms with van der Waals surface area (Å²) in [5.41, 5.74) is 4.63. The van der Waals surface area contributed by atoms with Gasteiger partial charge in [-0.2, -0.15) is 10.2 Å². The van der Waals surface area contributed by atoms with E-state index in [1.165, 1.54) is 5.56 Å². The molecule has 0 radical (unpaired) electrons. The maximum absolute atomic E-state index is 13.4. The Labute approximate surface area is 211 Å². The van der Waals surface area contributed by atoms with E-state index in [2.05, 4.69) is 27.9 Å². The molecular formula is C28H32N6O2. The number of aryl methyl sites for hydroxylation is 1. The standard InChI is InChI=1S/C28H32N6O2/c1-4-36-23-15-24(20-11-7-5-8-12-20)25(16-23)30-28(35)31-27-19(2)26(21-17-29-33(3)18-21)32-34(27)22-13-9-6-10-14-22/h5-14,17-18,23-25H,4,15-16H2,1-3H3,(H2,30,31,35)/t23-,24-,25+/m0/s1. The van der Waals surface area contributed by atoms with Gasteiger partial charge in [-0.1, -0.05) is 48.5 Å². The van der Waals surface area contributed by atoms with Crippen LogP contribution in [0.25, 0.3) is 16.9 Å². The normalized spacial score (nSPS) is 19.4. The molecule has 5 rings (SSSR count). The Morgan fingerprint density at radius 2 is 1.81 bits per heavy atom. The molecule has 2 N–H and O–H groups in total. The summed E-state index contributed by atoms with van der Waals surface area (Å²) in [5, 5.41) is 15.5. The molecule has 2 heterocycles. The molecule has 0 spiro atoms. The third-order valence-corrected chi connectivity index (χ3v) is 6.80. The number of nitrogens with zero attached hydrogens (tertiary/aromatic N) is 4. The number of hydrogen-bond donors (Lipinski definition) is 2. The first-order chi connectivity index (χ1) is 17.5. The molecule has 1 aliphatic rings. The van der Waals surface area contributed by atoms with Crippen molar-refractivity contribution in [1.82, 2.24) is 24.9 Å². The summed E-state index contributed by atoms with van der Waals surface area (Å²) in [6, 6.07) is 19.9. The summed E-state index contributed by atoms with van der Waals surface area (Å²) in [6.45, 7) is 4.65. The number of carbonyl (C=O) groups excluding carboxylic acids is 1. The lowest BCUT2D eigenvalue weighted by Gasteiger charge is -2.21. The van der Waals surface area contributed by atoms with Crippen molar-refractivity contribution in [2.45, 2.75) is 44.8 Å². The molecule has 2 aromatic heterocycles. The summed E-state index contributed by atoms with van der Waals surface area (Å²) in [4.78, 5) is 13.4. The van der Waals surface area contributed by atoms with Gasteiger partial charge in [-0.05, 0) is 44.4 Å². The first-order valence-electron chi connectivity index (χ1n) is 12.4. The smallest absolute Gasteiger partial charge is 0.320 e. The summed E-state index contributed by atoms with van der Waals surface area (Å²) in [7, 11) is 1.87. The van der Waals surface area contributed by atoms with Crippen LogP contribution in [0.5, 0.6) is 0 Å². The van der Waals surface area contributed by atoms with E-state index < -0.39 is 0 Å². The van der Waals surface area contributed by atoms with Gasteiger partial charge in [0.05, 0.1) is 18.0 Å². The SMILES string of the molecule is CCO[C@@H]1C[C@@H](NC(=O)Nc2c(C)c(-c3cnn(C)c3)nn2-c2ccccc2)[C@H](c2ccccc2)C1. The van der Waals surface area contributed by atoms with Crippen molar-refractivity contribution in [2.24, 2.45) is 7.05 Å². The van der Waals surface area contributed by atoms with E-state index in [1.807, 2.05) is 75.6 Å². The number of aromatic nitrogens is 4. The summed E-state index contributed by atoms with van der Waals surface area (Å²) in [6.07, 6.45) is 5.49. The molecule has 4 aromatic rings. The number of amides is 2. The van der Waals surface area contributed by atoms with Crippen LogP contribution < -0.4 is 10.6 Å². The summed E-state index contributed by atoms with van der Waals surface area (Å²) in [5.74, 6) is 0.827. The van der Waals surface area contributed by atoms with Crippen molar-refractivity contribution in [3.8, 4) is 16.9 Å². The zero-order chi connectivity index (χ0) is 25.1. The molecule has 3 atom stereocenters. The van der Waals surface area contributed by atoms with E-state index in [4.69, 9.17) is 9.84 Å². The van der Waals surface area contributed by atoms with Crippen LogP contribution in [-0.2, 0) is 11.8 Å². The average molecular weight is 485 g/mol. The van der Waals surface area contributed by atoms with Gasteiger partial charge >= 0.3 is 6.03 Å². The van der Waals surface area contributed by atoms with Gasteiger partial charge in [0, 0.05) is 42.9 Å². The molecule has 36 heavy (non-hydrogen) atoms. The zero-order valence-corrected chi connectivity index (χ0v) is 20.9. The van der Waals surface area contributed by atoms with Crippen LogP contribution in [0.15, 0.2) is 73.1 Å². The monoisotopic (exact) mass is 484 g/mol. The molecule has 0 unspecified atom stereocenters. The van der Waals surface area contributed by atoms with E-state index in [-0.39, 0.29) is 24.1 Å². The third-order valence-electron chi connectivity index (χ3n) is 6.80. The fourth-order valence-electron chi connectivity index (χ4n) is 5.12. The highest BCUT2D eigenvalue weighted by Crippen LogP contribution is 2.37. The number of anilines is 1. The highest BCUT2D eigenvalue weighted by atomic mass is 16.5. The Morgan fingerprint density at radius 3 is 2.47 bits per heavy atom. The number of para-hydroxylation sites is 1. The minimum atomic E-state index is -0.254. The van der Waals surface area contributed by atoms with Crippen LogP contribution >= 0.6 is 0 Å². The molecule has 1 fully saturated rings. The number of ether oxygens (including phenoxy) is 1. The largest absolute Gasteiger partial charge is 0.378 e. The number of nitrogens with one attached hydrogen (secondary N) is 2. The fourth-order valence-corrected chi connectivity index (χ4v) is 5.12. The maximum atomic E-state index is 13.4. The van der Waals surface area contributed by atoms with Crippen molar-refractivity contribution < 1.29 is 9.53 Å². The van der Waals surface area contributed by atoms with Gasteiger partial charge < -0.3 is 10.1 Å². The molecule has 2 aromatic carbocycles. The second-order valence-corrected chi connectivity index (χ2v) is 9.24. The zero-order valence-electron chi connectivity index (χ0n) is 20.9. The first-order valence-corrected chi connectivity index (χ1v) is 12.4. The number of carbonyl (C=O) groups is 1. The topological polar surface area (TPSA) is 86.0 Å². The van der Waals surface area contributed by atoms with Crippen molar-refractivity contribution in [3.63, 3.8) is 0 Å². The second kappa shape index (κ2) is 10.4. The van der Waals surface area contributed by atoms with Gasteiger partial charge in [-0.15, -0.1) is 0 Å². The van der Waals surface area contributed by atoms with Crippen molar-refractivity contribution in [1.29, 1.82) is 0 Å². The molecule has 0 aliphatic heterocycles. The molecule has 0 saturated heterocycles. The highest BCUT2D eigenvalue weighted by molar-refractivity contribution is 5.91. The van der Waals surface area contributed by atoms with E-state index in [1.54, 1.807) is 15.6 Å². The second-order valence-electron chi connectivity index (χ2n) is 9.24. The minimum absolute atomic E-state index is 0.0323. The highest BCUT2D eigenvalue weighted by Gasteiger charge is 2.36. The molecule has 1 saturated carbocycles. The molecule has 186 valence electrons. The summed E-state index contributed by atoms with van der Waals surface area (Å²) < 4.78 is 9.47. The quantitative estimate of drug-likeness (QED) is 0.384. The van der Waals surface area contributed by atoms with Gasteiger partial charge in [0.2, 0.25) is 0 Å². The molecule has 1 aliphatic carbocycles. The van der Waals surface area contributed by atoms with Crippen LogP contribution in [0.1, 0.15) is 36.8 Å². The van der Waals surface area contributed by atoms with Gasteiger partial charge in [-0.3, -0.25) is 10.00 Å². The van der Waals surface area contributed by atoms with E-state index in [0.717, 1.165) is 35.3 Å². The first kappa shape index (κ1) is 23.8. The number of hydrogen-bond acceptors (Lipinski definition) is 4. The van der Waals surface area contributed by atoms with Crippen LogP contribution in [-0.4, -0.2) is 44.3 Å². The number of benzene rings is 2. The molecule has 8 heteroatoms. The predicted octanol–water partition coefficient (Wildman–Crippen LogP) is 5.05. The van der Waals surface area contributed by atoms with Gasteiger partial charge in [-0.25, -0.2) is 9.48 Å². The van der Waals surface area contributed by atoms with Gasteiger partial charge in [0.15, 0.2) is 0 Å². The summed E-state index contributed by atoms with van der Waals surface area (Å²) >= 11 is 0. The van der Waals surface area contributed by atoms with Gasteiger partial charge in [0.1, 0.15) is 11.5 Å². The average Bonchev–Trinajstić information content (AvgIpc) is 3.58.